The Balaban J connectivity index is 2.88. The minimum Gasteiger partial charge on any atom is -0.294 e. The average Bonchev–Trinajstić information content (AvgIpc) is 2.34. The van der Waals surface area contributed by atoms with Crippen molar-refractivity contribution in [3.63, 3.8) is 0 Å². The minimum absolute atomic E-state index is 0.171. The molecule has 1 rings (SSSR count). The summed E-state index contributed by atoms with van der Waals surface area (Å²) in [5, 5.41) is 0. The molecule has 0 amide bonds. The minimum atomic E-state index is 0.171. The third-order valence-corrected chi connectivity index (χ3v) is 2.69. The van der Waals surface area contributed by atoms with Gasteiger partial charge in [0.25, 0.3) is 0 Å². The fraction of sp³-hybridized carbons (Fsp3) is 0.375. The third kappa shape index (κ3) is 1.45. The molecule has 0 saturated carbocycles. The van der Waals surface area contributed by atoms with E-state index in [4.69, 9.17) is 0 Å². The number of thiophene rings is 1. The summed E-state index contributed by atoms with van der Waals surface area (Å²) in [6.45, 7) is 3.70. The second-order valence-corrected chi connectivity index (χ2v) is 3.34. The molecule has 1 aromatic heterocycles. The van der Waals surface area contributed by atoms with Crippen molar-refractivity contribution < 1.29 is 4.79 Å². The van der Waals surface area contributed by atoms with Crippen molar-refractivity contribution in [2.24, 2.45) is 0 Å². The number of carbonyl (C=O) groups excluding carboxylic acids is 1. The van der Waals surface area contributed by atoms with Crippen LogP contribution in [0.1, 0.15) is 28.4 Å². The fourth-order valence-corrected chi connectivity index (χ4v) is 1.60. The Bertz CT molecular complexity index is 237. The van der Waals surface area contributed by atoms with Gasteiger partial charge in [-0.1, -0.05) is 6.92 Å². The quantitative estimate of drug-likeness (QED) is 0.598. The normalized spacial score (nSPS) is 9.80. The van der Waals surface area contributed by atoms with Crippen LogP contribution >= 0.6 is 11.3 Å². The first-order valence-electron chi connectivity index (χ1n) is 3.33. The highest BCUT2D eigenvalue weighted by atomic mass is 32.1. The molecule has 0 N–H and O–H groups in total. The Hall–Kier alpha value is -0.630. The molecule has 0 aromatic carbocycles. The molecule has 1 aromatic rings. The van der Waals surface area contributed by atoms with Gasteiger partial charge < -0.3 is 0 Å². The highest BCUT2D eigenvalue weighted by Crippen LogP contribution is 2.16. The number of ketones is 1. The van der Waals surface area contributed by atoms with E-state index >= 15 is 0 Å². The molecule has 0 aliphatic heterocycles. The number of carbonyl (C=O) groups is 1. The van der Waals surface area contributed by atoms with Gasteiger partial charge in [-0.15, -0.1) is 11.3 Å². The lowest BCUT2D eigenvalue weighted by Gasteiger charge is -1.84. The van der Waals surface area contributed by atoms with Crippen molar-refractivity contribution in [3.8, 4) is 0 Å². The van der Waals surface area contributed by atoms with E-state index in [-0.39, 0.29) is 5.78 Å². The average molecular weight is 154 g/mol. The van der Waals surface area contributed by atoms with Crippen LogP contribution < -0.4 is 0 Å². The highest BCUT2D eigenvalue weighted by Gasteiger charge is 2.01. The molecule has 0 radical (unpaired) electrons. The van der Waals surface area contributed by atoms with Crippen LogP contribution in [-0.4, -0.2) is 5.78 Å². The zero-order valence-corrected chi connectivity index (χ0v) is 6.99. The van der Waals surface area contributed by atoms with E-state index in [1.807, 2.05) is 12.1 Å². The summed E-state index contributed by atoms with van der Waals surface area (Å²) in [6, 6.07) is 3.91. The van der Waals surface area contributed by atoms with Crippen molar-refractivity contribution in [1.82, 2.24) is 0 Å². The second kappa shape index (κ2) is 2.97. The van der Waals surface area contributed by atoms with E-state index in [0.29, 0.717) is 0 Å². The third-order valence-electron chi connectivity index (χ3n) is 1.36. The summed E-state index contributed by atoms with van der Waals surface area (Å²) in [4.78, 5) is 12.9. The van der Waals surface area contributed by atoms with Gasteiger partial charge in [0.05, 0.1) is 4.88 Å². The Morgan fingerprint density at radius 1 is 1.60 bits per heavy atom. The molecular formula is C8H10OS. The van der Waals surface area contributed by atoms with Crippen LogP contribution in [0.2, 0.25) is 0 Å². The van der Waals surface area contributed by atoms with Gasteiger partial charge in [-0.3, -0.25) is 4.79 Å². The van der Waals surface area contributed by atoms with Crippen molar-refractivity contribution >= 4 is 17.1 Å². The van der Waals surface area contributed by atoms with Crippen LogP contribution in [0.25, 0.3) is 0 Å². The van der Waals surface area contributed by atoms with Gasteiger partial charge in [-0.05, 0) is 25.5 Å². The lowest BCUT2D eigenvalue weighted by molar-refractivity contribution is 0.102. The molecule has 0 aliphatic carbocycles. The number of hydrogen-bond donors (Lipinski definition) is 0. The molecule has 0 bridgehead atoms. The lowest BCUT2D eigenvalue weighted by atomic mass is 10.3. The molecule has 0 spiro atoms. The van der Waals surface area contributed by atoms with Gasteiger partial charge in [0.15, 0.2) is 5.78 Å². The summed E-state index contributed by atoms with van der Waals surface area (Å²) in [6.07, 6.45) is 1.03. The van der Waals surface area contributed by atoms with E-state index in [2.05, 4.69) is 6.92 Å². The van der Waals surface area contributed by atoms with Crippen LogP contribution in [0.5, 0.6) is 0 Å². The number of hydrogen-bond acceptors (Lipinski definition) is 2. The Labute approximate surface area is 64.7 Å². The van der Waals surface area contributed by atoms with Crippen LogP contribution in [0, 0.1) is 0 Å². The van der Waals surface area contributed by atoms with Gasteiger partial charge in [0.2, 0.25) is 0 Å². The molecule has 0 fully saturated rings. The van der Waals surface area contributed by atoms with E-state index in [1.54, 1.807) is 18.3 Å². The van der Waals surface area contributed by atoms with Crippen LogP contribution in [-0.2, 0) is 6.42 Å². The Morgan fingerprint density at radius 3 is 2.60 bits per heavy atom. The molecule has 2 heteroatoms. The summed E-state index contributed by atoms with van der Waals surface area (Å²) >= 11 is 1.59. The molecule has 1 heterocycles. The standard InChI is InChI=1S/C8H10OS/c1-3-7-4-5-8(10-7)6(2)9/h4-5H,3H2,1-2H3. The van der Waals surface area contributed by atoms with Gasteiger partial charge in [0.1, 0.15) is 0 Å². The van der Waals surface area contributed by atoms with Gasteiger partial charge in [-0.25, -0.2) is 0 Å². The largest absolute Gasteiger partial charge is 0.294 e. The van der Waals surface area contributed by atoms with Crippen LogP contribution in [0.15, 0.2) is 12.1 Å². The zero-order chi connectivity index (χ0) is 7.56. The van der Waals surface area contributed by atoms with Crippen LogP contribution in [0.4, 0.5) is 0 Å². The SMILES string of the molecule is CCc1ccc(C(C)=O)s1. The monoisotopic (exact) mass is 154 g/mol. The first kappa shape index (κ1) is 7.48. The molecule has 1 nitrogen and oxygen atoms in total. The van der Waals surface area contributed by atoms with E-state index in [9.17, 15) is 4.79 Å². The second-order valence-electron chi connectivity index (χ2n) is 2.18. The fourth-order valence-electron chi connectivity index (χ4n) is 0.757. The Kier molecular flexibility index (Phi) is 2.22. The topological polar surface area (TPSA) is 17.1 Å². The van der Waals surface area contributed by atoms with Crippen molar-refractivity contribution in [1.29, 1.82) is 0 Å². The molecular weight excluding hydrogens is 144 g/mol. The highest BCUT2D eigenvalue weighted by molar-refractivity contribution is 7.14. The molecule has 10 heavy (non-hydrogen) atoms. The van der Waals surface area contributed by atoms with Gasteiger partial charge in [-0.2, -0.15) is 0 Å². The van der Waals surface area contributed by atoms with E-state index in [1.165, 1.54) is 4.88 Å². The van der Waals surface area contributed by atoms with E-state index < -0.39 is 0 Å². The first-order valence-corrected chi connectivity index (χ1v) is 4.15. The zero-order valence-electron chi connectivity index (χ0n) is 6.18. The maximum atomic E-state index is 10.8. The molecule has 0 unspecified atom stereocenters. The molecule has 0 atom stereocenters. The number of rotatable bonds is 2. The lowest BCUT2D eigenvalue weighted by Crippen LogP contribution is -1.83. The predicted molar refractivity (Wildman–Crippen MR) is 43.7 cm³/mol. The predicted octanol–water partition coefficient (Wildman–Crippen LogP) is 2.51. The maximum Gasteiger partial charge on any atom is 0.169 e. The maximum absolute atomic E-state index is 10.8. The summed E-state index contributed by atoms with van der Waals surface area (Å²) in [5.74, 6) is 0.171. The number of aryl methyl sites for hydroxylation is 1. The van der Waals surface area contributed by atoms with Gasteiger partial charge >= 0.3 is 0 Å². The van der Waals surface area contributed by atoms with E-state index in [0.717, 1.165) is 11.3 Å². The number of Topliss-reactive ketones (excluding diaryl/α,β-unsaturated/α-hetero) is 1. The summed E-state index contributed by atoms with van der Waals surface area (Å²) in [5.41, 5.74) is 0. The Morgan fingerprint density at radius 2 is 2.30 bits per heavy atom. The summed E-state index contributed by atoms with van der Waals surface area (Å²) < 4.78 is 0. The van der Waals surface area contributed by atoms with Crippen molar-refractivity contribution in [2.75, 3.05) is 0 Å². The van der Waals surface area contributed by atoms with Crippen molar-refractivity contribution in [2.45, 2.75) is 20.3 Å². The molecule has 0 saturated heterocycles. The summed E-state index contributed by atoms with van der Waals surface area (Å²) in [7, 11) is 0. The molecule has 0 aliphatic rings. The smallest absolute Gasteiger partial charge is 0.169 e. The van der Waals surface area contributed by atoms with Crippen LogP contribution in [0.3, 0.4) is 0 Å². The van der Waals surface area contributed by atoms with Crippen molar-refractivity contribution in [3.05, 3.63) is 21.9 Å². The first-order chi connectivity index (χ1) is 4.74. The molecule has 54 valence electrons. The van der Waals surface area contributed by atoms with Gasteiger partial charge in [0, 0.05) is 4.88 Å².